The van der Waals surface area contributed by atoms with E-state index in [4.69, 9.17) is 29.9 Å². The molecule has 6 atom stereocenters. The molecule has 6 N–H and O–H groups in total. The summed E-state index contributed by atoms with van der Waals surface area (Å²) in [6.07, 6.45) is 6.34. The van der Waals surface area contributed by atoms with Crippen molar-refractivity contribution in [2.45, 2.75) is 129 Å². The number of hydroxylamine groups is 2. The van der Waals surface area contributed by atoms with Crippen molar-refractivity contribution in [1.29, 1.82) is 0 Å². The molecule has 7 aliphatic rings. The molecule has 0 radical (unpaired) electrons. The second-order valence-corrected chi connectivity index (χ2v) is 26.6. The number of fused-ring (bicyclic) bond motifs is 1. The SMILES string of the molecule is CC1CN(Cc2ccccc2)CC1c1nn2c(C3CCOCC3)ncc2c(=O)[nH]1.CC1CN(Cc2ccccc2)CC1c1nnc(CN)c(=O)[nH]1.CC1CN(Cc2ccccc2)CC1c1nnc(CNC(=O)C2CCOCC2)c(=O)[nH]1.O=C(ON1C(=O)CCC1=O)C1CCOCC1. The number of H-pyrrole nitrogens is 3. The molecule has 14 rings (SSSR count). The Morgan fingerprint density at radius 2 is 0.959 bits per heavy atom. The number of aromatic nitrogens is 10. The fourth-order valence-electron chi connectivity index (χ4n) is 13.9. The predicted molar refractivity (Wildman–Crippen MR) is 357 cm³/mol. The number of nitrogens with one attached hydrogen (secondary N) is 4. The molecule has 27 nitrogen and oxygen atoms in total. The van der Waals surface area contributed by atoms with Crippen LogP contribution in [0.1, 0.15) is 147 Å². The first kappa shape index (κ1) is 69.8. The van der Waals surface area contributed by atoms with E-state index in [9.17, 15) is 33.6 Å². The zero-order valence-electron chi connectivity index (χ0n) is 55.6. The van der Waals surface area contributed by atoms with Crippen molar-refractivity contribution in [2.24, 2.45) is 35.3 Å². The van der Waals surface area contributed by atoms with Gasteiger partial charge in [-0.3, -0.25) is 43.5 Å². The molecule has 0 bridgehead atoms. The highest BCUT2D eigenvalue weighted by atomic mass is 16.7. The number of aromatic amines is 3. The van der Waals surface area contributed by atoms with Crippen molar-refractivity contribution in [3.8, 4) is 0 Å². The Bertz CT molecular complexity index is 3910. The van der Waals surface area contributed by atoms with Gasteiger partial charge >= 0.3 is 5.97 Å². The highest BCUT2D eigenvalue weighted by molar-refractivity contribution is 6.01. The maximum Gasteiger partial charge on any atom is 0.336 e. The Hall–Kier alpha value is -8.57. The molecule has 6 unspecified atom stereocenters. The lowest BCUT2D eigenvalue weighted by molar-refractivity contribution is -0.202. The lowest BCUT2D eigenvalue weighted by atomic mass is 9.97. The number of nitrogens with two attached hydrogens (primary N) is 1. The molecule has 3 aromatic carbocycles. The number of hydrogen-bond acceptors (Lipinski definition) is 21. The van der Waals surface area contributed by atoms with E-state index in [-0.39, 0.29) is 89.5 Å². The molecule has 7 aliphatic heterocycles. The van der Waals surface area contributed by atoms with Gasteiger partial charge in [0.2, 0.25) is 5.91 Å². The van der Waals surface area contributed by atoms with Gasteiger partial charge in [-0.25, -0.2) is 14.3 Å². The van der Waals surface area contributed by atoms with Gasteiger partial charge < -0.3 is 45.1 Å². The van der Waals surface area contributed by atoms with Crippen molar-refractivity contribution in [3.05, 3.63) is 180 Å². The van der Waals surface area contributed by atoms with E-state index in [0.29, 0.717) is 98.0 Å². The molecule has 7 aromatic rings. The van der Waals surface area contributed by atoms with Gasteiger partial charge in [-0.15, -0.1) is 25.5 Å². The molecule has 3 amide bonds. The van der Waals surface area contributed by atoms with Crippen molar-refractivity contribution >= 4 is 29.2 Å². The predicted octanol–water partition coefficient (Wildman–Crippen LogP) is 4.87. The molecule has 11 heterocycles. The fourth-order valence-corrected chi connectivity index (χ4v) is 13.9. The van der Waals surface area contributed by atoms with Gasteiger partial charge in [0, 0.05) is 148 Å². The van der Waals surface area contributed by atoms with Crippen molar-refractivity contribution in [1.82, 2.24) is 75.0 Å². The molecule has 0 aliphatic carbocycles. The van der Waals surface area contributed by atoms with Gasteiger partial charge in [-0.05, 0) is 73.0 Å². The van der Waals surface area contributed by atoms with E-state index in [1.165, 1.54) is 16.7 Å². The van der Waals surface area contributed by atoms with E-state index < -0.39 is 17.8 Å². The molecule has 0 spiro atoms. The summed E-state index contributed by atoms with van der Waals surface area (Å²) in [5.74, 6) is 3.28. The molecule has 516 valence electrons. The minimum Gasteiger partial charge on any atom is -0.381 e. The lowest BCUT2D eigenvalue weighted by Crippen LogP contribution is -2.36. The zero-order valence-corrected chi connectivity index (χ0v) is 55.6. The van der Waals surface area contributed by atoms with Gasteiger partial charge in [0.05, 0.1) is 18.7 Å². The van der Waals surface area contributed by atoms with Crippen LogP contribution >= 0.6 is 0 Å². The monoisotopic (exact) mass is 1330 g/mol. The summed E-state index contributed by atoms with van der Waals surface area (Å²) >= 11 is 0. The number of carbonyl (C=O) groups is 4. The van der Waals surface area contributed by atoms with Crippen molar-refractivity contribution in [2.75, 3.05) is 78.9 Å². The van der Waals surface area contributed by atoms with Gasteiger partial charge in [0.15, 0.2) is 5.52 Å². The Morgan fingerprint density at radius 1 is 0.536 bits per heavy atom. The first-order chi connectivity index (χ1) is 47.1. The first-order valence-corrected chi connectivity index (χ1v) is 34.1. The summed E-state index contributed by atoms with van der Waals surface area (Å²) in [7, 11) is 0. The van der Waals surface area contributed by atoms with Crippen LogP contribution in [0.4, 0.5) is 0 Å². The van der Waals surface area contributed by atoms with E-state index in [0.717, 1.165) is 96.6 Å². The average Bonchev–Trinajstić information content (AvgIpc) is 1.65. The standard InChI is InChI=1S/C22H29N5O3.C22H27N5O2.C16H21N5O.C10H13NO5/c1-15-12-27(13-16-5-3-2-4-6-16)14-18(15)20-24-22(29)19(25-26-20)11-23-21(28)17-7-9-30-10-8-17;1-15-12-26(13-16-5-3-2-4-6-16)14-18(15)20-24-22(28)19-11-23-21(27(19)25-20)17-7-9-29-10-8-17;1-11-8-21(9-12-5-3-2-4-6-12)10-13(11)15-18-16(22)14(7-17)19-20-15;12-8-1-2-9(13)11(8)16-10(14)7-3-5-15-6-4-7/h2-6,15,17-18H,7-14H2,1H3,(H,23,28)(H,24,26,29);2-6,11,15,17-18H,7-10,12-14H2,1H3,(H,24,25,28);2-6,11,13H,7-10,17H2,1H3,(H,18,20,22);7H,1-6H2. The van der Waals surface area contributed by atoms with Gasteiger partial charge in [-0.1, -0.05) is 112 Å². The molecule has 4 aromatic heterocycles. The summed E-state index contributed by atoms with van der Waals surface area (Å²) in [5.41, 5.74) is 9.81. The summed E-state index contributed by atoms with van der Waals surface area (Å²) < 4.78 is 17.7. The van der Waals surface area contributed by atoms with Crippen LogP contribution in [-0.2, 0) is 71.0 Å². The molecular formula is C70H90N16O11. The normalized spacial score (nSPS) is 22.9. The summed E-state index contributed by atoms with van der Waals surface area (Å²) in [6, 6.07) is 31.3. The minimum atomic E-state index is -0.507. The van der Waals surface area contributed by atoms with Gasteiger partial charge in [0.1, 0.15) is 34.7 Å². The summed E-state index contributed by atoms with van der Waals surface area (Å²) in [6.45, 7) is 18.8. The zero-order chi connectivity index (χ0) is 67.8. The van der Waals surface area contributed by atoms with E-state index >= 15 is 0 Å². The third kappa shape index (κ3) is 18.4. The number of hydrogen-bond donors (Lipinski definition) is 5. The number of rotatable bonds is 16. The Labute approximate surface area is 562 Å². The second kappa shape index (κ2) is 33.6. The van der Waals surface area contributed by atoms with Crippen LogP contribution < -0.4 is 27.7 Å². The number of carbonyl (C=O) groups excluding carboxylic acids is 4. The van der Waals surface area contributed by atoms with E-state index in [2.05, 4.69) is 154 Å². The number of likely N-dealkylation sites (tertiary alicyclic amines) is 3. The second-order valence-electron chi connectivity index (χ2n) is 26.6. The van der Waals surface area contributed by atoms with Gasteiger partial charge in [0.25, 0.3) is 28.5 Å². The van der Waals surface area contributed by atoms with Gasteiger partial charge in [-0.2, -0.15) is 5.10 Å². The highest BCUT2D eigenvalue weighted by Crippen LogP contribution is 2.34. The third-order valence-electron chi connectivity index (χ3n) is 19.4. The summed E-state index contributed by atoms with van der Waals surface area (Å²) in [5, 5.41) is 24.8. The van der Waals surface area contributed by atoms with Crippen LogP contribution in [0.3, 0.4) is 0 Å². The van der Waals surface area contributed by atoms with Crippen LogP contribution in [0.5, 0.6) is 0 Å². The van der Waals surface area contributed by atoms with Crippen LogP contribution in [0, 0.1) is 29.6 Å². The number of amides is 3. The Balaban J connectivity index is 0.000000134. The lowest BCUT2D eigenvalue weighted by Gasteiger charge is -2.22. The van der Waals surface area contributed by atoms with Crippen molar-refractivity contribution in [3.63, 3.8) is 0 Å². The number of ether oxygens (including phenoxy) is 3. The molecule has 97 heavy (non-hydrogen) atoms. The quantitative estimate of drug-likeness (QED) is 0.0806. The van der Waals surface area contributed by atoms with Crippen LogP contribution in [0.15, 0.2) is 112 Å². The molecule has 0 saturated carbocycles. The topological polar surface area (TPSA) is 337 Å². The number of imide groups is 1. The largest absolute Gasteiger partial charge is 0.381 e. The number of benzene rings is 3. The molecule has 27 heteroatoms. The summed E-state index contributed by atoms with van der Waals surface area (Å²) in [4.78, 5) is 109. The van der Waals surface area contributed by atoms with E-state index in [1.54, 1.807) is 10.7 Å². The maximum atomic E-state index is 12.7. The van der Waals surface area contributed by atoms with Crippen LogP contribution in [0.25, 0.3) is 5.52 Å². The Kier molecular flexibility index (Phi) is 24.2. The molecular weight excluding hydrogens is 1240 g/mol. The Morgan fingerprint density at radius 3 is 1.41 bits per heavy atom. The molecule has 7 saturated heterocycles. The maximum absolute atomic E-state index is 12.7. The number of imidazole rings is 1. The third-order valence-corrected chi connectivity index (χ3v) is 19.4. The molecule has 7 fully saturated rings. The average molecular weight is 1330 g/mol. The number of nitrogens with zero attached hydrogens (tertiary/aromatic N) is 11. The van der Waals surface area contributed by atoms with Crippen LogP contribution in [-0.4, -0.2) is 172 Å². The first-order valence-electron chi connectivity index (χ1n) is 34.1. The highest BCUT2D eigenvalue weighted by Gasteiger charge is 2.38. The van der Waals surface area contributed by atoms with Crippen LogP contribution in [0.2, 0.25) is 0 Å². The smallest absolute Gasteiger partial charge is 0.336 e. The fraction of sp³-hybridized carbons (Fsp3) is 0.529. The van der Waals surface area contributed by atoms with E-state index in [1.807, 2.05) is 18.2 Å². The van der Waals surface area contributed by atoms with Crippen molar-refractivity contribution < 1.29 is 38.2 Å². The minimum absolute atomic E-state index is 0.0513.